The first-order chi connectivity index (χ1) is 4.66. The molecule has 2 N–H and O–H groups in total. The lowest BCUT2D eigenvalue weighted by Crippen LogP contribution is -2.39. The Balaban J connectivity index is 2.67. The number of allylic oxidation sites excluding steroid dienone is 1. The molecule has 3 heteroatoms. The molecule has 0 aromatic heterocycles. The van der Waals surface area contributed by atoms with Gasteiger partial charge in [-0.25, -0.2) is 0 Å². The van der Waals surface area contributed by atoms with Crippen molar-refractivity contribution in [3.05, 3.63) is 12.3 Å². The van der Waals surface area contributed by atoms with E-state index in [0.29, 0.717) is 13.0 Å². The Morgan fingerprint density at radius 3 is 3.00 bits per heavy atom. The van der Waals surface area contributed by atoms with Gasteiger partial charge in [-0.1, -0.05) is 0 Å². The van der Waals surface area contributed by atoms with E-state index in [-0.39, 0.29) is 5.78 Å². The zero-order valence-corrected chi connectivity index (χ0v) is 5.96. The van der Waals surface area contributed by atoms with Crippen LogP contribution in [0.2, 0.25) is 0 Å². The molecule has 0 saturated heterocycles. The fourth-order valence-electron chi connectivity index (χ4n) is 0.864. The van der Waals surface area contributed by atoms with Gasteiger partial charge in [-0.15, -0.1) is 0 Å². The number of carbonyl (C=O) groups excluding carboxylic acids is 1. The number of ketones is 1. The van der Waals surface area contributed by atoms with Crippen molar-refractivity contribution in [2.75, 3.05) is 6.54 Å². The molecule has 0 saturated carbocycles. The van der Waals surface area contributed by atoms with Gasteiger partial charge in [-0.3, -0.25) is 4.79 Å². The number of hydrogen-bond acceptors (Lipinski definition) is 3. The zero-order chi connectivity index (χ0) is 7.61. The van der Waals surface area contributed by atoms with Crippen molar-refractivity contribution in [1.82, 2.24) is 0 Å². The summed E-state index contributed by atoms with van der Waals surface area (Å²) in [5, 5.41) is 0. The predicted octanol–water partition coefficient (Wildman–Crippen LogP) is 0.207. The summed E-state index contributed by atoms with van der Waals surface area (Å²) in [4.78, 5) is 10.8. The molecule has 0 aliphatic carbocycles. The maximum absolute atomic E-state index is 10.8. The quantitative estimate of drug-likeness (QED) is 0.567. The first-order valence-corrected chi connectivity index (χ1v) is 3.23. The molecule has 0 amide bonds. The Bertz CT molecular complexity index is 176. The standard InChI is InChI=1S/C7H11NO2/c1-7(5-8)4-6(9)2-3-10-7/h2-3H,4-5,8H2,1H3. The van der Waals surface area contributed by atoms with Crippen molar-refractivity contribution in [3.8, 4) is 0 Å². The summed E-state index contributed by atoms with van der Waals surface area (Å²) in [5.41, 5.74) is 4.92. The summed E-state index contributed by atoms with van der Waals surface area (Å²) in [5.74, 6) is 0.0826. The Hall–Kier alpha value is -0.830. The van der Waals surface area contributed by atoms with Gasteiger partial charge in [-0.05, 0) is 6.92 Å². The minimum Gasteiger partial charge on any atom is -0.493 e. The molecule has 0 radical (unpaired) electrons. The molecule has 1 heterocycles. The van der Waals surface area contributed by atoms with Crippen LogP contribution in [-0.4, -0.2) is 17.9 Å². The van der Waals surface area contributed by atoms with Gasteiger partial charge in [0, 0.05) is 12.6 Å². The first-order valence-electron chi connectivity index (χ1n) is 3.23. The molecule has 10 heavy (non-hydrogen) atoms. The van der Waals surface area contributed by atoms with E-state index >= 15 is 0 Å². The molecule has 0 aromatic carbocycles. The van der Waals surface area contributed by atoms with Crippen LogP contribution >= 0.6 is 0 Å². The third-order valence-electron chi connectivity index (χ3n) is 1.59. The second-order valence-electron chi connectivity index (χ2n) is 2.72. The van der Waals surface area contributed by atoms with Gasteiger partial charge in [0.25, 0.3) is 0 Å². The molecule has 1 rings (SSSR count). The van der Waals surface area contributed by atoms with Crippen LogP contribution in [0.25, 0.3) is 0 Å². The lowest BCUT2D eigenvalue weighted by atomic mass is 9.98. The molecule has 1 atom stereocenters. The molecular formula is C7H11NO2. The fraction of sp³-hybridized carbons (Fsp3) is 0.571. The number of hydrogen-bond donors (Lipinski definition) is 1. The van der Waals surface area contributed by atoms with Crippen LogP contribution in [0.4, 0.5) is 0 Å². The average molecular weight is 141 g/mol. The van der Waals surface area contributed by atoms with Crippen LogP contribution in [0.5, 0.6) is 0 Å². The lowest BCUT2D eigenvalue weighted by Gasteiger charge is -2.28. The van der Waals surface area contributed by atoms with Crippen LogP contribution in [0.1, 0.15) is 13.3 Å². The minimum absolute atomic E-state index is 0.0826. The molecule has 0 bridgehead atoms. The van der Waals surface area contributed by atoms with Gasteiger partial charge >= 0.3 is 0 Å². The van der Waals surface area contributed by atoms with Crippen LogP contribution < -0.4 is 5.73 Å². The summed E-state index contributed by atoms with van der Waals surface area (Å²) < 4.78 is 5.16. The minimum atomic E-state index is -0.466. The highest BCUT2D eigenvalue weighted by atomic mass is 16.5. The maximum atomic E-state index is 10.8. The summed E-state index contributed by atoms with van der Waals surface area (Å²) in [6.45, 7) is 2.21. The van der Waals surface area contributed by atoms with E-state index < -0.39 is 5.60 Å². The van der Waals surface area contributed by atoms with Gasteiger partial charge in [0.15, 0.2) is 5.78 Å². The van der Waals surface area contributed by atoms with E-state index in [4.69, 9.17) is 10.5 Å². The van der Waals surface area contributed by atoms with E-state index in [0.717, 1.165) is 0 Å². The second kappa shape index (κ2) is 2.42. The predicted molar refractivity (Wildman–Crippen MR) is 37.3 cm³/mol. The topological polar surface area (TPSA) is 52.3 Å². The van der Waals surface area contributed by atoms with E-state index in [1.807, 2.05) is 6.92 Å². The van der Waals surface area contributed by atoms with Crippen LogP contribution in [0.3, 0.4) is 0 Å². The Kier molecular flexibility index (Phi) is 1.76. The van der Waals surface area contributed by atoms with Crippen molar-refractivity contribution < 1.29 is 9.53 Å². The second-order valence-corrected chi connectivity index (χ2v) is 2.72. The van der Waals surface area contributed by atoms with Crippen molar-refractivity contribution in [3.63, 3.8) is 0 Å². The smallest absolute Gasteiger partial charge is 0.162 e. The number of ether oxygens (including phenoxy) is 1. The number of carbonyl (C=O) groups is 1. The highest BCUT2D eigenvalue weighted by Crippen LogP contribution is 2.18. The van der Waals surface area contributed by atoms with Crippen LogP contribution in [0, 0.1) is 0 Å². The first kappa shape index (κ1) is 7.28. The Labute approximate surface area is 59.8 Å². The molecule has 1 unspecified atom stereocenters. The number of nitrogens with two attached hydrogens (primary N) is 1. The normalized spacial score (nSPS) is 32.0. The van der Waals surface area contributed by atoms with Crippen molar-refractivity contribution in [2.45, 2.75) is 18.9 Å². The average Bonchev–Trinajstić information content (AvgIpc) is 1.88. The molecule has 0 aromatic rings. The Morgan fingerprint density at radius 1 is 1.90 bits per heavy atom. The Morgan fingerprint density at radius 2 is 2.60 bits per heavy atom. The molecule has 0 fully saturated rings. The maximum Gasteiger partial charge on any atom is 0.162 e. The zero-order valence-electron chi connectivity index (χ0n) is 5.96. The fourth-order valence-corrected chi connectivity index (χ4v) is 0.864. The summed E-state index contributed by atoms with van der Waals surface area (Å²) in [6, 6.07) is 0. The molecule has 0 spiro atoms. The highest BCUT2D eigenvalue weighted by Gasteiger charge is 2.28. The third kappa shape index (κ3) is 1.36. The third-order valence-corrected chi connectivity index (χ3v) is 1.59. The largest absolute Gasteiger partial charge is 0.493 e. The van der Waals surface area contributed by atoms with Crippen molar-refractivity contribution in [2.24, 2.45) is 5.73 Å². The van der Waals surface area contributed by atoms with Crippen molar-refractivity contribution >= 4 is 5.78 Å². The van der Waals surface area contributed by atoms with Crippen molar-refractivity contribution in [1.29, 1.82) is 0 Å². The van der Waals surface area contributed by atoms with E-state index in [1.54, 1.807) is 0 Å². The van der Waals surface area contributed by atoms with E-state index in [2.05, 4.69) is 0 Å². The molecule has 1 aliphatic rings. The summed E-state index contributed by atoms with van der Waals surface area (Å²) in [7, 11) is 0. The van der Waals surface area contributed by atoms with E-state index in [1.165, 1.54) is 12.3 Å². The highest BCUT2D eigenvalue weighted by molar-refractivity contribution is 5.90. The molecule has 1 aliphatic heterocycles. The molecular weight excluding hydrogens is 130 g/mol. The van der Waals surface area contributed by atoms with Gasteiger partial charge in [-0.2, -0.15) is 0 Å². The molecule has 3 nitrogen and oxygen atoms in total. The summed E-state index contributed by atoms with van der Waals surface area (Å²) >= 11 is 0. The summed E-state index contributed by atoms with van der Waals surface area (Å²) in [6.07, 6.45) is 3.23. The SMILES string of the molecule is CC1(CN)CC(=O)C=CO1. The van der Waals surface area contributed by atoms with Gasteiger partial charge in [0.05, 0.1) is 12.7 Å². The van der Waals surface area contributed by atoms with Gasteiger partial charge in [0.1, 0.15) is 5.60 Å². The number of rotatable bonds is 1. The van der Waals surface area contributed by atoms with Gasteiger partial charge < -0.3 is 10.5 Å². The van der Waals surface area contributed by atoms with Crippen LogP contribution in [0.15, 0.2) is 12.3 Å². The van der Waals surface area contributed by atoms with E-state index in [9.17, 15) is 4.79 Å². The lowest BCUT2D eigenvalue weighted by molar-refractivity contribution is -0.121. The monoisotopic (exact) mass is 141 g/mol. The van der Waals surface area contributed by atoms with Crippen LogP contribution in [-0.2, 0) is 9.53 Å². The van der Waals surface area contributed by atoms with Gasteiger partial charge in [0.2, 0.25) is 0 Å². The molecule has 56 valence electrons.